The number of halogens is 1. The minimum absolute atomic E-state index is 0.0732. The van der Waals surface area contributed by atoms with Crippen LogP contribution in [0.3, 0.4) is 0 Å². The average Bonchev–Trinajstić information content (AvgIpc) is 2.31. The van der Waals surface area contributed by atoms with Gasteiger partial charge in [-0.05, 0) is 19.1 Å². The first-order valence-electron chi connectivity index (χ1n) is 5.68. The molecule has 0 atom stereocenters. The molecule has 0 spiro atoms. The van der Waals surface area contributed by atoms with E-state index in [0.717, 1.165) is 0 Å². The van der Waals surface area contributed by atoms with Gasteiger partial charge in [-0.2, -0.15) is 0 Å². The second-order valence-corrected chi connectivity index (χ2v) is 4.74. The lowest BCUT2D eigenvalue weighted by atomic mass is 10.2. The third kappa shape index (κ3) is 5.24. The maximum atomic E-state index is 13.6. The van der Waals surface area contributed by atoms with Crippen LogP contribution in [0.2, 0.25) is 0 Å². The molecule has 0 saturated heterocycles. The molecule has 0 radical (unpaired) electrons. The first-order chi connectivity index (χ1) is 8.63. The SMILES string of the molecule is CCOc1ccc(C#CCCSC(C)=O)c(F)c1. The zero-order chi connectivity index (χ0) is 13.4. The van der Waals surface area contributed by atoms with Gasteiger partial charge in [0.05, 0.1) is 12.2 Å². The number of hydrogen-bond donors (Lipinski definition) is 0. The Morgan fingerprint density at radius 2 is 2.28 bits per heavy atom. The Kier molecular flexibility index (Phi) is 6.31. The molecule has 1 aromatic rings. The summed E-state index contributed by atoms with van der Waals surface area (Å²) in [5.41, 5.74) is 0.353. The molecular formula is C14H15FO2S. The highest BCUT2D eigenvalue weighted by Crippen LogP contribution is 2.15. The monoisotopic (exact) mass is 266 g/mol. The van der Waals surface area contributed by atoms with Gasteiger partial charge in [0.15, 0.2) is 5.12 Å². The van der Waals surface area contributed by atoms with Crippen molar-refractivity contribution in [3.8, 4) is 17.6 Å². The summed E-state index contributed by atoms with van der Waals surface area (Å²) in [4.78, 5) is 10.7. The Bertz CT molecular complexity index is 474. The summed E-state index contributed by atoms with van der Waals surface area (Å²) in [7, 11) is 0. The smallest absolute Gasteiger partial charge is 0.185 e. The molecule has 0 unspecified atom stereocenters. The largest absolute Gasteiger partial charge is 0.494 e. The van der Waals surface area contributed by atoms with Gasteiger partial charge < -0.3 is 4.74 Å². The van der Waals surface area contributed by atoms with Crippen LogP contribution in [0, 0.1) is 17.7 Å². The minimum atomic E-state index is -0.382. The van der Waals surface area contributed by atoms with Gasteiger partial charge in [0, 0.05) is 25.2 Å². The molecule has 0 saturated carbocycles. The Hall–Kier alpha value is -1.47. The van der Waals surface area contributed by atoms with E-state index < -0.39 is 0 Å². The molecule has 2 nitrogen and oxygen atoms in total. The third-order valence-corrected chi connectivity index (χ3v) is 2.82. The van der Waals surface area contributed by atoms with Crippen LogP contribution in [0.1, 0.15) is 25.8 Å². The predicted octanol–water partition coefficient (Wildman–Crippen LogP) is 3.25. The molecule has 0 aromatic heterocycles. The molecule has 0 bridgehead atoms. The van der Waals surface area contributed by atoms with Crippen LogP contribution in [0.5, 0.6) is 5.75 Å². The van der Waals surface area contributed by atoms with E-state index in [-0.39, 0.29) is 10.9 Å². The van der Waals surface area contributed by atoms with Crippen LogP contribution >= 0.6 is 11.8 Å². The zero-order valence-corrected chi connectivity index (χ0v) is 11.3. The summed E-state index contributed by atoms with van der Waals surface area (Å²) >= 11 is 1.22. The fourth-order valence-electron chi connectivity index (χ4n) is 1.26. The van der Waals surface area contributed by atoms with Gasteiger partial charge in [-0.1, -0.05) is 23.6 Å². The topological polar surface area (TPSA) is 26.3 Å². The highest BCUT2D eigenvalue weighted by Gasteiger charge is 2.01. The van der Waals surface area contributed by atoms with E-state index in [2.05, 4.69) is 11.8 Å². The second kappa shape index (κ2) is 7.78. The maximum absolute atomic E-state index is 13.6. The minimum Gasteiger partial charge on any atom is -0.494 e. The molecule has 1 rings (SSSR count). The zero-order valence-electron chi connectivity index (χ0n) is 10.5. The molecule has 1 aromatic carbocycles. The van der Waals surface area contributed by atoms with E-state index in [4.69, 9.17) is 4.74 Å². The maximum Gasteiger partial charge on any atom is 0.185 e. The predicted molar refractivity (Wildman–Crippen MR) is 72.2 cm³/mol. The first-order valence-corrected chi connectivity index (χ1v) is 6.66. The van der Waals surface area contributed by atoms with Crippen molar-refractivity contribution in [2.75, 3.05) is 12.4 Å². The lowest BCUT2D eigenvalue weighted by molar-refractivity contribution is -0.109. The van der Waals surface area contributed by atoms with Gasteiger partial charge >= 0.3 is 0 Å². The lowest BCUT2D eigenvalue weighted by Gasteiger charge is -2.02. The summed E-state index contributed by atoms with van der Waals surface area (Å²) < 4.78 is 18.8. The van der Waals surface area contributed by atoms with Gasteiger partial charge in [-0.25, -0.2) is 4.39 Å². The van der Waals surface area contributed by atoms with Gasteiger partial charge in [0.2, 0.25) is 0 Å². The van der Waals surface area contributed by atoms with Crippen molar-refractivity contribution in [1.29, 1.82) is 0 Å². The number of thioether (sulfide) groups is 1. The van der Waals surface area contributed by atoms with Crippen molar-refractivity contribution in [1.82, 2.24) is 0 Å². The molecule has 0 aliphatic carbocycles. The van der Waals surface area contributed by atoms with Gasteiger partial charge in [0.25, 0.3) is 0 Å². The van der Waals surface area contributed by atoms with Crippen molar-refractivity contribution in [3.63, 3.8) is 0 Å². The van der Waals surface area contributed by atoms with Crippen LogP contribution in [0.15, 0.2) is 18.2 Å². The summed E-state index contributed by atoms with van der Waals surface area (Å²) in [5, 5.41) is 0.0732. The van der Waals surface area contributed by atoms with Crippen molar-refractivity contribution >= 4 is 16.9 Å². The van der Waals surface area contributed by atoms with Crippen LogP contribution < -0.4 is 4.74 Å². The normalized spacial score (nSPS) is 9.50. The number of benzene rings is 1. The molecule has 0 amide bonds. The Morgan fingerprint density at radius 1 is 1.50 bits per heavy atom. The van der Waals surface area contributed by atoms with Gasteiger partial charge in [0.1, 0.15) is 11.6 Å². The first kappa shape index (κ1) is 14.6. The average molecular weight is 266 g/mol. The number of ether oxygens (including phenoxy) is 1. The summed E-state index contributed by atoms with van der Waals surface area (Å²) in [6, 6.07) is 4.63. The number of carbonyl (C=O) groups excluding carboxylic acids is 1. The van der Waals surface area contributed by atoms with E-state index in [9.17, 15) is 9.18 Å². The highest BCUT2D eigenvalue weighted by atomic mass is 32.2. The third-order valence-electron chi connectivity index (χ3n) is 2.01. The van der Waals surface area contributed by atoms with Crippen molar-refractivity contribution in [2.45, 2.75) is 20.3 Å². The highest BCUT2D eigenvalue weighted by molar-refractivity contribution is 8.13. The Labute approximate surface area is 111 Å². The fourth-order valence-corrected chi connectivity index (χ4v) is 1.75. The van der Waals surface area contributed by atoms with Crippen LogP contribution in [0.25, 0.3) is 0 Å². The summed E-state index contributed by atoms with van der Waals surface area (Å²) in [6.45, 7) is 3.87. The van der Waals surface area contributed by atoms with Crippen molar-refractivity contribution in [3.05, 3.63) is 29.6 Å². The standard InChI is InChI=1S/C14H15FO2S/c1-3-17-13-8-7-12(14(15)10-13)6-4-5-9-18-11(2)16/h7-8,10H,3,5,9H2,1-2H3. The molecular weight excluding hydrogens is 251 g/mol. The van der Waals surface area contributed by atoms with E-state index >= 15 is 0 Å². The lowest BCUT2D eigenvalue weighted by Crippen LogP contribution is -1.93. The van der Waals surface area contributed by atoms with E-state index in [1.807, 2.05) is 6.92 Å². The Balaban J connectivity index is 2.57. The van der Waals surface area contributed by atoms with E-state index in [1.54, 1.807) is 12.1 Å². The molecule has 0 N–H and O–H groups in total. The van der Waals surface area contributed by atoms with Gasteiger partial charge in [-0.15, -0.1) is 0 Å². The quantitative estimate of drug-likeness (QED) is 0.618. The molecule has 4 heteroatoms. The van der Waals surface area contributed by atoms with E-state index in [0.29, 0.717) is 30.1 Å². The van der Waals surface area contributed by atoms with Crippen molar-refractivity contribution < 1.29 is 13.9 Å². The number of carbonyl (C=O) groups is 1. The molecule has 96 valence electrons. The van der Waals surface area contributed by atoms with Crippen LogP contribution in [-0.2, 0) is 4.79 Å². The molecule has 0 fully saturated rings. The van der Waals surface area contributed by atoms with Crippen LogP contribution in [-0.4, -0.2) is 17.5 Å². The van der Waals surface area contributed by atoms with Crippen LogP contribution in [0.4, 0.5) is 4.39 Å². The number of hydrogen-bond acceptors (Lipinski definition) is 3. The molecule has 0 aliphatic heterocycles. The number of rotatable bonds is 4. The van der Waals surface area contributed by atoms with E-state index in [1.165, 1.54) is 24.8 Å². The summed E-state index contributed by atoms with van der Waals surface area (Å²) in [5.74, 6) is 6.36. The summed E-state index contributed by atoms with van der Waals surface area (Å²) in [6.07, 6.45) is 0.566. The Morgan fingerprint density at radius 3 is 2.89 bits per heavy atom. The molecule has 0 heterocycles. The van der Waals surface area contributed by atoms with Crippen molar-refractivity contribution in [2.24, 2.45) is 0 Å². The van der Waals surface area contributed by atoms with Gasteiger partial charge in [-0.3, -0.25) is 4.79 Å². The molecule has 0 aliphatic rings. The molecule has 18 heavy (non-hydrogen) atoms. The second-order valence-electron chi connectivity index (χ2n) is 3.47. The fraction of sp³-hybridized carbons (Fsp3) is 0.357.